The number of carbonyl (C=O) groups excluding carboxylic acids is 1. The van der Waals surface area contributed by atoms with Crippen molar-refractivity contribution >= 4 is 40.8 Å². The van der Waals surface area contributed by atoms with Crippen LogP contribution in [-0.4, -0.2) is 17.0 Å². The van der Waals surface area contributed by atoms with Crippen molar-refractivity contribution in [1.29, 1.82) is 0 Å². The fraction of sp³-hybridized carbons (Fsp3) is 0. The molecule has 21 heavy (non-hydrogen) atoms. The highest BCUT2D eigenvalue weighted by Crippen LogP contribution is 2.22. The van der Waals surface area contributed by atoms with Crippen molar-refractivity contribution in [3.05, 3.63) is 63.4 Å². The Morgan fingerprint density at radius 2 is 1.81 bits per heavy atom. The first kappa shape index (κ1) is 15.3. The van der Waals surface area contributed by atoms with Gasteiger partial charge in [-0.2, -0.15) is 0 Å². The fourth-order valence-corrected chi connectivity index (χ4v) is 2.15. The Labute approximate surface area is 129 Å². The van der Waals surface area contributed by atoms with Crippen LogP contribution in [0.15, 0.2) is 36.4 Å². The quantitative estimate of drug-likeness (QED) is 0.892. The van der Waals surface area contributed by atoms with Gasteiger partial charge in [0.25, 0.3) is 5.91 Å². The Hall–Kier alpha value is -2.11. The molecule has 0 aliphatic heterocycles. The number of halogens is 3. The summed E-state index contributed by atoms with van der Waals surface area (Å²) in [6, 6.07) is 7.24. The molecule has 2 rings (SSSR count). The normalized spacial score (nSPS) is 10.2. The van der Waals surface area contributed by atoms with Crippen molar-refractivity contribution in [2.24, 2.45) is 0 Å². The predicted octanol–water partition coefficient (Wildman–Crippen LogP) is 4.08. The van der Waals surface area contributed by atoms with Gasteiger partial charge in [-0.15, -0.1) is 0 Å². The monoisotopic (exact) mass is 327 g/mol. The molecule has 0 aliphatic carbocycles. The maximum absolute atomic E-state index is 12.9. The van der Waals surface area contributed by atoms with E-state index in [1.165, 1.54) is 24.3 Å². The number of amides is 1. The van der Waals surface area contributed by atoms with Crippen molar-refractivity contribution in [2.45, 2.75) is 0 Å². The number of hydrogen-bond acceptors (Lipinski definition) is 2. The van der Waals surface area contributed by atoms with Crippen LogP contribution in [0.4, 0.5) is 10.1 Å². The van der Waals surface area contributed by atoms with Gasteiger partial charge in [-0.05, 0) is 36.4 Å². The van der Waals surface area contributed by atoms with Crippen molar-refractivity contribution in [2.75, 3.05) is 5.32 Å². The summed E-state index contributed by atoms with van der Waals surface area (Å²) in [5.74, 6) is -2.33. The Bertz CT molecular complexity index is 734. The second-order valence-corrected chi connectivity index (χ2v) is 4.96. The van der Waals surface area contributed by atoms with Crippen molar-refractivity contribution in [3.8, 4) is 0 Å². The summed E-state index contributed by atoms with van der Waals surface area (Å²) in [7, 11) is 0. The van der Waals surface area contributed by atoms with E-state index in [0.29, 0.717) is 0 Å². The molecule has 7 heteroatoms. The molecule has 2 aromatic rings. The lowest BCUT2D eigenvalue weighted by molar-refractivity contribution is 0.0696. The van der Waals surface area contributed by atoms with Crippen LogP contribution in [0.2, 0.25) is 10.0 Å². The molecule has 0 bridgehead atoms. The van der Waals surface area contributed by atoms with Crippen LogP contribution >= 0.6 is 23.2 Å². The highest BCUT2D eigenvalue weighted by Gasteiger charge is 2.13. The number of rotatable bonds is 3. The zero-order chi connectivity index (χ0) is 15.6. The van der Waals surface area contributed by atoms with E-state index in [4.69, 9.17) is 28.3 Å². The maximum atomic E-state index is 12.9. The van der Waals surface area contributed by atoms with Crippen LogP contribution in [0, 0.1) is 5.82 Å². The molecular formula is C14H8Cl2FNO3. The van der Waals surface area contributed by atoms with Crippen LogP contribution in [-0.2, 0) is 0 Å². The van der Waals surface area contributed by atoms with Crippen LogP contribution in [0.5, 0.6) is 0 Å². The van der Waals surface area contributed by atoms with Gasteiger partial charge in [0.15, 0.2) is 0 Å². The largest absolute Gasteiger partial charge is 0.478 e. The average Bonchev–Trinajstić information content (AvgIpc) is 2.37. The third kappa shape index (κ3) is 3.71. The van der Waals surface area contributed by atoms with E-state index in [9.17, 15) is 14.0 Å². The summed E-state index contributed by atoms with van der Waals surface area (Å²) in [6.07, 6.45) is 0. The first-order chi connectivity index (χ1) is 9.86. The number of nitrogens with one attached hydrogen (secondary N) is 1. The molecule has 0 unspecified atom stereocenters. The number of carboxylic acids is 1. The number of carboxylic acid groups (broad SMARTS) is 1. The van der Waals surface area contributed by atoms with Gasteiger partial charge in [-0.25, -0.2) is 9.18 Å². The molecule has 0 fully saturated rings. The molecule has 0 spiro atoms. The van der Waals surface area contributed by atoms with Gasteiger partial charge in [-0.1, -0.05) is 23.2 Å². The van der Waals surface area contributed by atoms with E-state index < -0.39 is 17.7 Å². The van der Waals surface area contributed by atoms with E-state index in [-0.39, 0.29) is 26.9 Å². The molecule has 108 valence electrons. The Morgan fingerprint density at radius 1 is 1.10 bits per heavy atom. The molecule has 0 atom stereocenters. The Morgan fingerprint density at radius 3 is 2.43 bits per heavy atom. The number of aromatic carboxylic acids is 1. The molecule has 0 saturated heterocycles. The zero-order valence-electron chi connectivity index (χ0n) is 10.4. The van der Waals surface area contributed by atoms with Crippen LogP contribution in [0.3, 0.4) is 0 Å². The molecule has 0 heterocycles. The molecule has 2 aromatic carbocycles. The predicted molar refractivity (Wildman–Crippen MR) is 77.8 cm³/mol. The van der Waals surface area contributed by atoms with Gasteiger partial charge < -0.3 is 10.4 Å². The lowest BCUT2D eigenvalue weighted by Crippen LogP contribution is -2.13. The second-order valence-electron chi connectivity index (χ2n) is 4.11. The molecule has 0 aliphatic rings. The molecule has 4 nitrogen and oxygen atoms in total. The van der Waals surface area contributed by atoms with Gasteiger partial charge in [0, 0.05) is 10.7 Å². The molecule has 1 amide bonds. The number of benzene rings is 2. The Balaban J connectivity index is 2.29. The standard InChI is InChI=1S/C14H8Cl2FNO3/c15-8-3-7(14(20)21)4-10(5-8)18-13(19)11-2-1-9(17)6-12(11)16/h1-6H,(H,18,19)(H,20,21). The van der Waals surface area contributed by atoms with Gasteiger partial charge in [0.2, 0.25) is 0 Å². The minimum absolute atomic E-state index is 0.0482. The third-order valence-electron chi connectivity index (χ3n) is 2.58. The molecule has 2 N–H and O–H groups in total. The van der Waals surface area contributed by atoms with E-state index in [1.54, 1.807) is 0 Å². The smallest absolute Gasteiger partial charge is 0.335 e. The van der Waals surface area contributed by atoms with E-state index >= 15 is 0 Å². The number of carbonyl (C=O) groups is 2. The van der Waals surface area contributed by atoms with Crippen LogP contribution in [0.25, 0.3) is 0 Å². The van der Waals surface area contributed by atoms with Crippen LogP contribution in [0.1, 0.15) is 20.7 Å². The summed E-state index contributed by atoms with van der Waals surface area (Å²) in [4.78, 5) is 22.9. The second kappa shape index (κ2) is 6.11. The molecular weight excluding hydrogens is 320 g/mol. The zero-order valence-corrected chi connectivity index (χ0v) is 11.9. The van der Waals surface area contributed by atoms with E-state index in [2.05, 4.69) is 5.32 Å². The summed E-state index contributed by atoms with van der Waals surface area (Å²) in [6.45, 7) is 0. The summed E-state index contributed by atoms with van der Waals surface area (Å²) in [5, 5.41) is 11.5. The Kier molecular flexibility index (Phi) is 4.45. The average molecular weight is 328 g/mol. The van der Waals surface area contributed by atoms with Gasteiger partial charge in [0.05, 0.1) is 16.1 Å². The van der Waals surface area contributed by atoms with Crippen molar-refractivity contribution < 1.29 is 19.1 Å². The fourth-order valence-electron chi connectivity index (χ4n) is 1.66. The molecule has 0 saturated carbocycles. The highest BCUT2D eigenvalue weighted by molar-refractivity contribution is 6.34. The van der Waals surface area contributed by atoms with Crippen molar-refractivity contribution in [3.63, 3.8) is 0 Å². The summed E-state index contributed by atoms with van der Waals surface area (Å²) >= 11 is 11.6. The first-order valence-electron chi connectivity index (χ1n) is 5.67. The topological polar surface area (TPSA) is 66.4 Å². The SMILES string of the molecule is O=C(O)c1cc(Cl)cc(NC(=O)c2ccc(F)cc2Cl)c1. The third-order valence-corrected chi connectivity index (χ3v) is 3.11. The number of anilines is 1. The lowest BCUT2D eigenvalue weighted by atomic mass is 10.1. The van der Waals surface area contributed by atoms with Gasteiger partial charge >= 0.3 is 5.97 Å². The lowest BCUT2D eigenvalue weighted by Gasteiger charge is -2.08. The number of hydrogen-bond donors (Lipinski definition) is 2. The van der Waals surface area contributed by atoms with Crippen molar-refractivity contribution in [1.82, 2.24) is 0 Å². The highest BCUT2D eigenvalue weighted by atomic mass is 35.5. The van der Waals surface area contributed by atoms with E-state index in [0.717, 1.165) is 12.1 Å². The maximum Gasteiger partial charge on any atom is 0.335 e. The molecule has 0 aromatic heterocycles. The summed E-state index contributed by atoms with van der Waals surface area (Å²) in [5.41, 5.74) is 0.197. The first-order valence-corrected chi connectivity index (χ1v) is 6.42. The summed E-state index contributed by atoms with van der Waals surface area (Å²) < 4.78 is 12.9. The van der Waals surface area contributed by atoms with Gasteiger partial charge in [-0.3, -0.25) is 4.79 Å². The van der Waals surface area contributed by atoms with E-state index in [1.807, 2.05) is 0 Å². The minimum Gasteiger partial charge on any atom is -0.478 e. The minimum atomic E-state index is -1.17. The van der Waals surface area contributed by atoms with Crippen LogP contribution < -0.4 is 5.32 Å². The van der Waals surface area contributed by atoms with Gasteiger partial charge in [0.1, 0.15) is 5.82 Å². The molecule has 0 radical (unpaired) electrons.